The van der Waals surface area contributed by atoms with E-state index in [1.54, 1.807) is 13.0 Å². The summed E-state index contributed by atoms with van der Waals surface area (Å²) in [5.41, 5.74) is 8.58. The molecule has 0 aliphatic rings. The number of benzene rings is 1. The first-order chi connectivity index (χ1) is 13.8. The van der Waals surface area contributed by atoms with Crippen LogP contribution in [-0.4, -0.2) is 48.8 Å². The van der Waals surface area contributed by atoms with Crippen LogP contribution in [0.3, 0.4) is 0 Å². The highest BCUT2D eigenvalue weighted by atomic mass is 16.5. The van der Waals surface area contributed by atoms with Crippen molar-refractivity contribution in [2.45, 2.75) is 19.4 Å². The van der Waals surface area contributed by atoms with Crippen LogP contribution in [-0.2, 0) is 16.0 Å². The molecular weight excluding hydrogens is 382 g/mol. The van der Waals surface area contributed by atoms with E-state index >= 15 is 0 Å². The van der Waals surface area contributed by atoms with E-state index < -0.39 is 12.0 Å². The fourth-order valence-corrected chi connectivity index (χ4v) is 2.22. The predicted molar refractivity (Wildman–Crippen MR) is 104 cm³/mol. The van der Waals surface area contributed by atoms with Crippen LogP contribution in [0.1, 0.15) is 12.5 Å². The maximum Gasteiger partial charge on any atom is 0.323 e. The van der Waals surface area contributed by atoms with E-state index in [2.05, 4.69) is 25.4 Å². The number of ether oxygens (including phenoxy) is 1. The molecule has 12 heteroatoms. The summed E-state index contributed by atoms with van der Waals surface area (Å²) >= 11 is 0. The molecule has 0 bridgehead atoms. The van der Waals surface area contributed by atoms with Crippen molar-refractivity contribution in [1.82, 2.24) is 19.9 Å². The highest BCUT2D eigenvalue weighted by molar-refractivity contribution is 5.75. The Bertz CT molecular complexity index is 1040. The molecule has 2 aromatic heterocycles. The SMILES string of the molecule is CCOC(=O)C(N)Cc1ccc(O)c(O)c1.NNc1nc2nccnc2c(=O)[nH]1. The van der Waals surface area contributed by atoms with E-state index in [4.69, 9.17) is 21.4 Å². The van der Waals surface area contributed by atoms with Gasteiger partial charge in [-0.25, -0.2) is 15.8 Å². The fourth-order valence-electron chi connectivity index (χ4n) is 2.22. The number of fused-ring (bicyclic) bond motifs is 1. The van der Waals surface area contributed by atoms with Gasteiger partial charge in [0.2, 0.25) is 5.95 Å². The lowest BCUT2D eigenvalue weighted by molar-refractivity contribution is -0.144. The molecule has 12 nitrogen and oxygen atoms in total. The molecule has 1 aromatic carbocycles. The summed E-state index contributed by atoms with van der Waals surface area (Å²) < 4.78 is 4.75. The Morgan fingerprint density at radius 3 is 2.66 bits per heavy atom. The second-order valence-corrected chi connectivity index (χ2v) is 5.67. The average Bonchev–Trinajstić information content (AvgIpc) is 2.71. The maximum absolute atomic E-state index is 11.3. The van der Waals surface area contributed by atoms with Crippen LogP contribution in [0.15, 0.2) is 35.4 Å². The third-order valence-corrected chi connectivity index (χ3v) is 3.57. The van der Waals surface area contributed by atoms with Crippen molar-refractivity contribution in [1.29, 1.82) is 0 Å². The van der Waals surface area contributed by atoms with Crippen molar-refractivity contribution in [2.75, 3.05) is 12.0 Å². The number of hydrazine groups is 1. The lowest BCUT2D eigenvalue weighted by Gasteiger charge is -2.10. The number of nitrogens with zero attached hydrogens (tertiary/aromatic N) is 3. The molecule has 0 saturated carbocycles. The molecule has 1 atom stereocenters. The highest BCUT2D eigenvalue weighted by Crippen LogP contribution is 2.25. The van der Waals surface area contributed by atoms with Gasteiger partial charge in [-0.3, -0.25) is 20.0 Å². The smallest absolute Gasteiger partial charge is 0.323 e. The molecule has 0 radical (unpaired) electrons. The van der Waals surface area contributed by atoms with E-state index in [1.165, 1.54) is 24.5 Å². The van der Waals surface area contributed by atoms with Gasteiger partial charge in [-0.05, 0) is 31.0 Å². The molecule has 3 aromatic rings. The number of nitrogens with one attached hydrogen (secondary N) is 2. The van der Waals surface area contributed by atoms with Crippen molar-refractivity contribution in [3.8, 4) is 11.5 Å². The largest absolute Gasteiger partial charge is 0.504 e. The lowest BCUT2D eigenvalue weighted by Crippen LogP contribution is -2.34. The van der Waals surface area contributed by atoms with Crippen molar-refractivity contribution in [2.24, 2.45) is 11.6 Å². The number of esters is 1. The van der Waals surface area contributed by atoms with Crippen LogP contribution in [0.4, 0.5) is 5.95 Å². The molecule has 1 unspecified atom stereocenters. The quantitative estimate of drug-likeness (QED) is 0.139. The van der Waals surface area contributed by atoms with Gasteiger partial charge in [0, 0.05) is 12.4 Å². The van der Waals surface area contributed by atoms with Crippen LogP contribution in [0.25, 0.3) is 11.2 Å². The predicted octanol–water partition coefficient (Wildman–Crippen LogP) is -0.471. The van der Waals surface area contributed by atoms with Crippen LogP contribution in [0, 0.1) is 0 Å². The molecule has 0 saturated heterocycles. The topological polar surface area (TPSA) is 202 Å². The molecule has 29 heavy (non-hydrogen) atoms. The van der Waals surface area contributed by atoms with E-state index in [-0.39, 0.29) is 47.2 Å². The Labute approximate surface area is 164 Å². The highest BCUT2D eigenvalue weighted by Gasteiger charge is 2.15. The zero-order chi connectivity index (χ0) is 21.4. The zero-order valence-corrected chi connectivity index (χ0v) is 15.5. The monoisotopic (exact) mass is 403 g/mol. The van der Waals surface area contributed by atoms with Crippen molar-refractivity contribution >= 4 is 23.1 Å². The van der Waals surface area contributed by atoms with Gasteiger partial charge in [-0.2, -0.15) is 4.98 Å². The summed E-state index contributed by atoms with van der Waals surface area (Å²) in [5.74, 6) is 4.34. The van der Waals surface area contributed by atoms with Crippen molar-refractivity contribution in [3.63, 3.8) is 0 Å². The normalized spacial score (nSPS) is 11.3. The number of aromatic hydroxyl groups is 2. The Balaban J connectivity index is 0.000000211. The number of carbonyl (C=O) groups is 1. The van der Waals surface area contributed by atoms with E-state index in [0.717, 1.165) is 0 Å². The van der Waals surface area contributed by atoms with Gasteiger partial charge in [0.25, 0.3) is 5.56 Å². The zero-order valence-electron chi connectivity index (χ0n) is 15.5. The fraction of sp³-hybridized carbons (Fsp3) is 0.235. The van der Waals surface area contributed by atoms with Gasteiger partial charge in [-0.15, -0.1) is 0 Å². The number of rotatable bonds is 5. The number of nitrogens with two attached hydrogens (primary N) is 2. The molecule has 0 amide bonds. The summed E-state index contributed by atoms with van der Waals surface area (Å²) in [7, 11) is 0. The second kappa shape index (κ2) is 9.96. The third-order valence-electron chi connectivity index (χ3n) is 3.57. The van der Waals surface area contributed by atoms with E-state index in [1.807, 2.05) is 0 Å². The van der Waals surface area contributed by atoms with Gasteiger partial charge < -0.3 is 20.7 Å². The number of H-pyrrole nitrogens is 1. The summed E-state index contributed by atoms with van der Waals surface area (Å²) in [5, 5.41) is 18.3. The van der Waals surface area contributed by atoms with Gasteiger partial charge in [-0.1, -0.05) is 6.07 Å². The summed E-state index contributed by atoms with van der Waals surface area (Å²) in [6.07, 6.45) is 3.14. The first-order valence-electron chi connectivity index (χ1n) is 8.46. The minimum Gasteiger partial charge on any atom is -0.504 e. The molecule has 2 heterocycles. The minimum absolute atomic E-state index is 0.165. The van der Waals surface area contributed by atoms with Crippen LogP contribution in [0.2, 0.25) is 0 Å². The number of hydrogen-bond donors (Lipinski definition) is 6. The number of nitrogen functional groups attached to an aromatic ring is 1. The summed E-state index contributed by atoms with van der Waals surface area (Å²) in [6.45, 7) is 1.99. The first-order valence-corrected chi connectivity index (χ1v) is 8.46. The Morgan fingerprint density at radius 1 is 1.28 bits per heavy atom. The molecule has 3 rings (SSSR count). The standard InChI is InChI=1S/C11H15NO4.C6H6N6O/c1-2-16-11(15)8(12)5-7-3-4-9(13)10(14)6-7;7-12-6-10-4-3(5(13)11-6)8-1-2-9-4/h3-4,6,8,13-14H,2,5,12H2,1H3;1-2H,7H2,(H2,9,10,11,12,13). The molecule has 0 fully saturated rings. The molecule has 0 aliphatic heterocycles. The van der Waals surface area contributed by atoms with Gasteiger partial charge in [0.05, 0.1) is 6.61 Å². The lowest BCUT2D eigenvalue weighted by atomic mass is 10.1. The van der Waals surface area contributed by atoms with Crippen molar-refractivity contribution in [3.05, 3.63) is 46.5 Å². The maximum atomic E-state index is 11.3. The minimum atomic E-state index is -0.760. The molecular formula is C17H21N7O5. The number of phenols is 2. The summed E-state index contributed by atoms with van der Waals surface area (Å²) in [6, 6.07) is 3.55. The van der Waals surface area contributed by atoms with Gasteiger partial charge in [0.1, 0.15) is 6.04 Å². The number of anilines is 1. The van der Waals surface area contributed by atoms with Crippen molar-refractivity contribution < 1.29 is 19.7 Å². The average molecular weight is 403 g/mol. The molecule has 0 spiro atoms. The Kier molecular flexibility index (Phi) is 7.40. The number of aromatic amines is 1. The van der Waals surface area contributed by atoms with Gasteiger partial charge in [0.15, 0.2) is 22.7 Å². The first kappa shape index (κ1) is 21.5. The van der Waals surface area contributed by atoms with Crippen LogP contribution < -0.4 is 22.6 Å². The summed E-state index contributed by atoms with van der Waals surface area (Å²) in [4.78, 5) is 36.5. The Morgan fingerprint density at radius 2 is 2.00 bits per heavy atom. The number of carbonyl (C=O) groups excluding carboxylic acids is 1. The third kappa shape index (κ3) is 5.85. The van der Waals surface area contributed by atoms with Gasteiger partial charge >= 0.3 is 5.97 Å². The van der Waals surface area contributed by atoms with E-state index in [9.17, 15) is 14.7 Å². The molecule has 0 aliphatic carbocycles. The van der Waals surface area contributed by atoms with Crippen LogP contribution >= 0.6 is 0 Å². The number of phenolic OH excluding ortho intramolecular Hbond substituents is 2. The molecule has 154 valence electrons. The van der Waals surface area contributed by atoms with Crippen LogP contribution in [0.5, 0.6) is 11.5 Å². The Hall–Kier alpha value is -3.77. The number of hydrogen-bond acceptors (Lipinski definition) is 11. The second-order valence-electron chi connectivity index (χ2n) is 5.67. The number of aromatic nitrogens is 4. The van der Waals surface area contributed by atoms with E-state index in [0.29, 0.717) is 5.56 Å². The molecule has 8 N–H and O–H groups in total.